The molecule has 0 amide bonds. The van der Waals surface area contributed by atoms with E-state index in [0.29, 0.717) is 12.1 Å². The highest BCUT2D eigenvalue weighted by Crippen LogP contribution is 2.26. The molecule has 0 radical (unpaired) electrons. The van der Waals surface area contributed by atoms with E-state index in [1.807, 2.05) is 0 Å². The maximum atomic E-state index is 3.86. The molecule has 18 heavy (non-hydrogen) atoms. The van der Waals surface area contributed by atoms with Crippen molar-refractivity contribution in [2.75, 3.05) is 19.6 Å². The van der Waals surface area contributed by atoms with Crippen LogP contribution < -0.4 is 5.32 Å². The molecule has 2 fully saturated rings. The van der Waals surface area contributed by atoms with Crippen LogP contribution in [-0.2, 0) is 0 Å². The lowest BCUT2D eigenvalue weighted by atomic mass is 9.84. The number of piperidine rings is 1. The van der Waals surface area contributed by atoms with Crippen LogP contribution in [0.2, 0.25) is 0 Å². The van der Waals surface area contributed by atoms with Gasteiger partial charge in [-0.2, -0.15) is 0 Å². The van der Waals surface area contributed by atoms with Crippen LogP contribution >= 0.6 is 0 Å². The Morgan fingerprint density at radius 3 is 2.22 bits per heavy atom. The average Bonchev–Trinajstić information content (AvgIpc) is 2.40. The van der Waals surface area contributed by atoms with Crippen molar-refractivity contribution >= 4 is 0 Å². The minimum absolute atomic E-state index is 0.653. The fourth-order valence-corrected chi connectivity index (χ4v) is 3.80. The van der Waals surface area contributed by atoms with Crippen molar-refractivity contribution in [2.45, 2.75) is 77.3 Å². The van der Waals surface area contributed by atoms with Crippen LogP contribution in [0.1, 0.15) is 65.2 Å². The first-order chi connectivity index (χ1) is 8.75. The van der Waals surface area contributed by atoms with Crippen molar-refractivity contribution in [2.24, 2.45) is 5.92 Å². The molecule has 2 unspecified atom stereocenters. The van der Waals surface area contributed by atoms with E-state index in [1.54, 1.807) is 0 Å². The number of nitrogens with one attached hydrogen (secondary N) is 1. The smallest absolute Gasteiger partial charge is 0.0169 e. The Balaban J connectivity index is 1.67. The number of hydrogen-bond donors (Lipinski definition) is 1. The Labute approximate surface area is 114 Å². The molecule has 1 saturated heterocycles. The standard InChI is InChI=1S/C16H32N2/c1-14(13-18-11-7-4-8-12-18)17-15(2)16-9-5-3-6-10-16/h14-17H,3-13H2,1-2H3. The van der Waals surface area contributed by atoms with Crippen LogP contribution in [0, 0.1) is 5.92 Å². The molecule has 0 aromatic rings. The largest absolute Gasteiger partial charge is 0.310 e. The van der Waals surface area contributed by atoms with E-state index in [4.69, 9.17) is 0 Å². The fraction of sp³-hybridized carbons (Fsp3) is 1.00. The summed E-state index contributed by atoms with van der Waals surface area (Å²) in [6, 6.07) is 1.37. The Morgan fingerprint density at radius 2 is 1.56 bits per heavy atom. The van der Waals surface area contributed by atoms with Gasteiger partial charge < -0.3 is 10.2 Å². The molecule has 1 N–H and O–H groups in total. The summed E-state index contributed by atoms with van der Waals surface area (Å²) in [4.78, 5) is 2.65. The zero-order valence-corrected chi connectivity index (χ0v) is 12.5. The van der Waals surface area contributed by atoms with Gasteiger partial charge in [-0.05, 0) is 58.5 Å². The lowest BCUT2D eigenvalue weighted by Crippen LogP contribution is -2.46. The number of hydrogen-bond acceptors (Lipinski definition) is 2. The molecule has 2 nitrogen and oxygen atoms in total. The summed E-state index contributed by atoms with van der Waals surface area (Å²) in [5, 5.41) is 3.86. The summed E-state index contributed by atoms with van der Waals surface area (Å²) >= 11 is 0. The first kappa shape index (κ1) is 14.3. The minimum atomic E-state index is 0.653. The zero-order chi connectivity index (χ0) is 12.8. The normalized spacial score (nSPS) is 27.0. The van der Waals surface area contributed by atoms with Gasteiger partial charge in [0.15, 0.2) is 0 Å². The van der Waals surface area contributed by atoms with Gasteiger partial charge in [0.2, 0.25) is 0 Å². The molecule has 2 atom stereocenters. The number of rotatable bonds is 5. The molecule has 0 aromatic heterocycles. The highest BCUT2D eigenvalue weighted by atomic mass is 15.2. The predicted octanol–water partition coefficient (Wildman–Crippen LogP) is 3.42. The third-order valence-corrected chi connectivity index (χ3v) is 4.89. The van der Waals surface area contributed by atoms with Gasteiger partial charge in [-0.3, -0.25) is 0 Å². The van der Waals surface area contributed by atoms with Crippen molar-refractivity contribution in [3.63, 3.8) is 0 Å². The third-order valence-electron chi connectivity index (χ3n) is 4.89. The van der Waals surface area contributed by atoms with E-state index in [9.17, 15) is 0 Å². The van der Waals surface area contributed by atoms with E-state index in [0.717, 1.165) is 5.92 Å². The molecule has 1 aliphatic heterocycles. The topological polar surface area (TPSA) is 15.3 Å². The molecule has 1 saturated carbocycles. The molecular formula is C16H32N2. The molecule has 1 aliphatic carbocycles. The van der Waals surface area contributed by atoms with E-state index in [1.165, 1.54) is 71.0 Å². The molecule has 0 bridgehead atoms. The summed E-state index contributed by atoms with van der Waals surface area (Å²) in [7, 11) is 0. The molecule has 2 aliphatic rings. The average molecular weight is 252 g/mol. The van der Waals surface area contributed by atoms with Crippen molar-refractivity contribution in [3.8, 4) is 0 Å². The second-order valence-electron chi connectivity index (χ2n) is 6.62. The van der Waals surface area contributed by atoms with Gasteiger partial charge in [0, 0.05) is 18.6 Å². The van der Waals surface area contributed by atoms with Crippen LogP contribution in [-0.4, -0.2) is 36.6 Å². The summed E-state index contributed by atoms with van der Waals surface area (Å²) < 4.78 is 0. The van der Waals surface area contributed by atoms with Crippen LogP contribution in [0.25, 0.3) is 0 Å². The molecule has 2 rings (SSSR count). The maximum Gasteiger partial charge on any atom is 0.0169 e. The van der Waals surface area contributed by atoms with E-state index in [-0.39, 0.29) is 0 Å². The van der Waals surface area contributed by atoms with Gasteiger partial charge in [-0.25, -0.2) is 0 Å². The molecule has 2 heteroatoms. The first-order valence-corrected chi connectivity index (χ1v) is 8.24. The van der Waals surface area contributed by atoms with Gasteiger partial charge in [0.25, 0.3) is 0 Å². The fourth-order valence-electron chi connectivity index (χ4n) is 3.80. The van der Waals surface area contributed by atoms with Gasteiger partial charge in [0.1, 0.15) is 0 Å². The van der Waals surface area contributed by atoms with E-state index in [2.05, 4.69) is 24.1 Å². The monoisotopic (exact) mass is 252 g/mol. The summed E-state index contributed by atoms with van der Waals surface area (Å²) in [6.07, 6.45) is 11.5. The second kappa shape index (κ2) is 7.49. The molecular weight excluding hydrogens is 220 g/mol. The summed E-state index contributed by atoms with van der Waals surface area (Å²) in [5.74, 6) is 0.933. The van der Waals surface area contributed by atoms with E-state index >= 15 is 0 Å². The molecule has 106 valence electrons. The van der Waals surface area contributed by atoms with Crippen LogP contribution in [0.15, 0.2) is 0 Å². The van der Waals surface area contributed by atoms with Crippen molar-refractivity contribution in [3.05, 3.63) is 0 Å². The van der Waals surface area contributed by atoms with Gasteiger partial charge >= 0.3 is 0 Å². The molecule has 0 spiro atoms. The highest BCUT2D eigenvalue weighted by Gasteiger charge is 2.22. The van der Waals surface area contributed by atoms with Crippen LogP contribution in [0.3, 0.4) is 0 Å². The van der Waals surface area contributed by atoms with Crippen molar-refractivity contribution in [1.82, 2.24) is 10.2 Å². The number of likely N-dealkylation sites (tertiary alicyclic amines) is 1. The van der Waals surface area contributed by atoms with Gasteiger partial charge in [-0.1, -0.05) is 25.7 Å². The Bertz CT molecular complexity index is 217. The lowest BCUT2D eigenvalue weighted by Gasteiger charge is -2.34. The second-order valence-corrected chi connectivity index (χ2v) is 6.62. The molecule has 1 heterocycles. The van der Waals surface area contributed by atoms with E-state index < -0.39 is 0 Å². The predicted molar refractivity (Wildman–Crippen MR) is 78.9 cm³/mol. The van der Waals surface area contributed by atoms with Crippen LogP contribution in [0.5, 0.6) is 0 Å². The SMILES string of the molecule is CC(CN1CCCCC1)NC(C)C1CCCCC1. The zero-order valence-electron chi connectivity index (χ0n) is 12.5. The minimum Gasteiger partial charge on any atom is -0.310 e. The van der Waals surface area contributed by atoms with Crippen molar-refractivity contribution < 1.29 is 0 Å². The Kier molecular flexibility index (Phi) is 5.97. The molecule has 0 aromatic carbocycles. The first-order valence-electron chi connectivity index (χ1n) is 8.24. The summed E-state index contributed by atoms with van der Waals surface area (Å²) in [6.45, 7) is 8.67. The third kappa shape index (κ3) is 4.55. The maximum absolute atomic E-state index is 3.86. The summed E-state index contributed by atoms with van der Waals surface area (Å²) in [5.41, 5.74) is 0. The Hall–Kier alpha value is -0.0800. The number of nitrogens with zero attached hydrogens (tertiary/aromatic N) is 1. The van der Waals surface area contributed by atoms with Crippen molar-refractivity contribution in [1.29, 1.82) is 0 Å². The highest BCUT2D eigenvalue weighted by molar-refractivity contribution is 4.80. The lowest BCUT2D eigenvalue weighted by molar-refractivity contribution is 0.191. The quantitative estimate of drug-likeness (QED) is 0.806. The Morgan fingerprint density at radius 1 is 0.944 bits per heavy atom. The van der Waals surface area contributed by atoms with Gasteiger partial charge in [0.05, 0.1) is 0 Å². The van der Waals surface area contributed by atoms with Gasteiger partial charge in [-0.15, -0.1) is 0 Å². The van der Waals surface area contributed by atoms with Crippen LogP contribution in [0.4, 0.5) is 0 Å².